The van der Waals surface area contributed by atoms with E-state index in [-0.39, 0.29) is 35.8 Å². The number of carbonyl (C=O) groups excluding carboxylic acids is 2. The molecule has 3 aromatic rings. The van der Waals surface area contributed by atoms with E-state index in [2.05, 4.69) is 65.7 Å². The molecule has 1 aliphatic heterocycles. The number of anilines is 1. The van der Waals surface area contributed by atoms with E-state index in [1.807, 2.05) is 67.8 Å². The molecule has 0 saturated heterocycles. The number of aryl methyl sites for hydroxylation is 1. The summed E-state index contributed by atoms with van der Waals surface area (Å²) in [4.78, 5) is 32.1. The average molecular weight is 679 g/mol. The van der Waals surface area contributed by atoms with E-state index in [0.717, 1.165) is 46.4 Å². The van der Waals surface area contributed by atoms with Crippen molar-refractivity contribution in [3.63, 3.8) is 0 Å². The van der Waals surface area contributed by atoms with Crippen molar-refractivity contribution < 1.29 is 38.1 Å². The zero-order valence-corrected chi connectivity index (χ0v) is 27.9. The Morgan fingerprint density at radius 2 is 1.48 bits per heavy atom. The molecule has 0 aliphatic carbocycles. The van der Waals surface area contributed by atoms with E-state index in [4.69, 9.17) is 0 Å². The van der Waals surface area contributed by atoms with E-state index in [1.165, 1.54) is 0 Å². The lowest BCUT2D eigenvalue weighted by molar-refractivity contribution is -0.667. The zero-order valence-electron chi connectivity index (χ0n) is 25.8. The van der Waals surface area contributed by atoms with Crippen LogP contribution in [0.25, 0.3) is 16.5 Å². The first-order valence-corrected chi connectivity index (χ1v) is 15.0. The lowest BCUT2D eigenvalue weighted by atomic mass is 9.97. The van der Waals surface area contributed by atoms with Gasteiger partial charge in [0.15, 0.2) is 6.20 Å². The number of amides is 2. The molecule has 6 nitrogen and oxygen atoms in total. The Morgan fingerprint density at radius 1 is 0.857 bits per heavy atom. The molecule has 0 N–H and O–H groups in total. The Morgan fingerprint density at radius 3 is 2.07 bits per heavy atom. The van der Waals surface area contributed by atoms with Gasteiger partial charge in [0.1, 0.15) is 6.54 Å². The number of allylic oxidation sites excluding steroid dienone is 2. The highest BCUT2D eigenvalue weighted by molar-refractivity contribution is 5.99. The van der Waals surface area contributed by atoms with Crippen molar-refractivity contribution in [3.8, 4) is 0 Å². The van der Waals surface area contributed by atoms with Gasteiger partial charge in [-0.25, -0.2) is 0 Å². The number of nitrogens with zero attached hydrogens (tertiary/aromatic N) is 4. The SMILES string of the molecule is CCN(CC)C(=O)c1ccc2c(c1)C(=C=CCc1cc[n+](CC)c3ccc(C(=O)N(CC)CC)cc13)C=CN2CC.[I-]. The Balaban J connectivity index is 0.00000484. The van der Waals surface area contributed by atoms with Crippen molar-refractivity contribution in [2.45, 2.75) is 54.5 Å². The number of benzene rings is 2. The second-order valence-electron chi connectivity index (χ2n) is 10.1. The minimum absolute atomic E-state index is 0. The topological polar surface area (TPSA) is 47.7 Å². The molecule has 2 aromatic carbocycles. The number of pyridine rings is 1. The van der Waals surface area contributed by atoms with Gasteiger partial charge in [-0.3, -0.25) is 9.59 Å². The first-order chi connectivity index (χ1) is 19.9. The van der Waals surface area contributed by atoms with Gasteiger partial charge in [0, 0.05) is 79.0 Å². The van der Waals surface area contributed by atoms with Gasteiger partial charge in [-0.15, -0.1) is 5.73 Å². The van der Waals surface area contributed by atoms with Crippen LogP contribution in [0.1, 0.15) is 73.4 Å². The van der Waals surface area contributed by atoms with Crippen molar-refractivity contribution >= 4 is 34.0 Å². The molecule has 222 valence electrons. The standard InChI is InChI=1S/C35H43N4O2.HI/c1-7-36(8-2)34(40)28-16-18-32-30(24-28)26(20-22-38(32)11-5)14-13-15-27-21-23-39(12-6)33-19-17-29(25-31(27)33)35(41)37(9-3)10-4;/h13,16-25H,7-12,14H2,1-6H3;1H/q+1;/p-1. The van der Waals surface area contributed by atoms with Gasteiger partial charge in [-0.2, -0.15) is 4.57 Å². The molecule has 42 heavy (non-hydrogen) atoms. The van der Waals surface area contributed by atoms with E-state index in [1.54, 1.807) is 0 Å². The van der Waals surface area contributed by atoms with E-state index >= 15 is 0 Å². The number of carbonyl (C=O) groups is 2. The molecule has 0 spiro atoms. The lowest BCUT2D eigenvalue weighted by Crippen LogP contribution is -3.00. The molecule has 4 rings (SSSR count). The summed E-state index contributed by atoms with van der Waals surface area (Å²) in [5.74, 6) is 0.112. The lowest BCUT2D eigenvalue weighted by Gasteiger charge is -2.27. The molecule has 0 bridgehead atoms. The molecule has 0 fully saturated rings. The van der Waals surface area contributed by atoms with Gasteiger partial charge in [0.2, 0.25) is 5.52 Å². The van der Waals surface area contributed by atoms with E-state index < -0.39 is 0 Å². The molecule has 7 heteroatoms. The fraction of sp³-hybridized carbons (Fsp3) is 0.371. The van der Waals surface area contributed by atoms with E-state index in [0.29, 0.717) is 43.7 Å². The fourth-order valence-corrected chi connectivity index (χ4v) is 5.51. The van der Waals surface area contributed by atoms with Crippen molar-refractivity contribution in [2.24, 2.45) is 0 Å². The summed E-state index contributed by atoms with van der Waals surface area (Å²) in [7, 11) is 0. The molecule has 1 aromatic heterocycles. The van der Waals surface area contributed by atoms with Crippen LogP contribution in [0.15, 0.2) is 72.7 Å². The molecule has 2 heterocycles. The zero-order chi connectivity index (χ0) is 29.5. The monoisotopic (exact) mass is 678 g/mol. The normalized spacial score (nSPS) is 12.0. The van der Waals surface area contributed by atoms with Gasteiger partial charge in [-0.05, 0) is 96.0 Å². The maximum atomic E-state index is 13.1. The smallest absolute Gasteiger partial charge is 0.253 e. The first-order valence-electron chi connectivity index (χ1n) is 15.0. The summed E-state index contributed by atoms with van der Waals surface area (Å²) < 4.78 is 2.21. The number of fused-ring (bicyclic) bond motifs is 2. The summed E-state index contributed by atoms with van der Waals surface area (Å²) in [5.41, 5.74) is 10.3. The van der Waals surface area contributed by atoms with Crippen molar-refractivity contribution in [2.75, 3.05) is 37.6 Å². The predicted molar refractivity (Wildman–Crippen MR) is 168 cm³/mol. The van der Waals surface area contributed by atoms with Gasteiger partial charge >= 0.3 is 0 Å². The van der Waals surface area contributed by atoms with Gasteiger partial charge in [0.05, 0.1) is 5.39 Å². The third-order valence-corrected chi connectivity index (χ3v) is 7.98. The first kappa shape index (κ1) is 33.1. The largest absolute Gasteiger partial charge is 1.00 e. The van der Waals surface area contributed by atoms with Crippen LogP contribution in [-0.4, -0.2) is 54.3 Å². The van der Waals surface area contributed by atoms with Crippen LogP contribution in [0, 0.1) is 0 Å². The van der Waals surface area contributed by atoms with Gasteiger partial charge in [-0.1, -0.05) is 0 Å². The Labute approximate surface area is 268 Å². The van der Waals surface area contributed by atoms with Crippen LogP contribution in [0.3, 0.4) is 0 Å². The number of aromatic nitrogens is 1. The van der Waals surface area contributed by atoms with Crippen molar-refractivity contribution in [3.05, 3.63) is 95.0 Å². The van der Waals surface area contributed by atoms with Gasteiger partial charge < -0.3 is 38.7 Å². The van der Waals surface area contributed by atoms with Crippen LogP contribution in [0.4, 0.5) is 5.69 Å². The number of hydrogen-bond donors (Lipinski definition) is 0. The fourth-order valence-electron chi connectivity index (χ4n) is 5.51. The summed E-state index contributed by atoms with van der Waals surface area (Å²) >= 11 is 0. The summed E-state index contributed by atoms with van der Waals surface area (Å²) in [6.07, 6.45) is 9.01. The van der Waals surface area contributed by atoms with Crippen LogP contribution in [0.5, 0.6) is 0 Å². The quantitative estimate of drug-likeness (QED) is 0.188. The molecular formula is C35H43IN4O2. The molecular weight excluding hydrogens is 635 g/mol. The Hall–Kier alpha value is -3.42. The predicted octanol–water partition coefficient (Wildman–Crippen LogP) is 3.25. The third kappa shape index (κ3) is 6.79. The van der Waals surface area contributed by atoms with E-state index in [9.17, 15) is 9.59 Å². The maximum Gasteiger partial charge on any atom is 0.253 e. The highest BCUT2D eigenvalue weighted by atomic mass is 127. The molecule has 0 unspecified atom stereocenters. The van der Waals surface area contributed by atoms with Crippen LogP contribution < -0.4 is 33.4 Å². The second kappa shape index (κ2) is 15.2. The molecule has 0 atom stereocenters. The Bertz CT molecular complexity index is 1530. The summed E-state index contributed by atoms with van der Waals surface area (Å²) in [6.45, 7) is 16.7. The highest BCUT2D eigenvalue weighted by Crippen LogP contribution is 2.33. The number of rotatable bonds is 10. The maximum absolute atomic E-state index is 13.1. The summed E-state index contributed by atoms with van der Waals surface area (Å²) in [6, 6.07) is 14.2. The van der Waals surface area contributed by atoms with Gasteiger partial charge in [0.25, 0.3) is 11.8 Å². The number of hydrogen-bond acceptors (Lipinski definition) is 3. The molecule has 1 aliphatic rings. The van der Waals surface area contributed by atoms with Crippen LogP contribution in [0.2, 0.25) is 0 Å². The molecule has 2 amide bonds. The van der Waals surface area contributed by atoms with Crippen LogP contribution in [-0.2, 0) is 13.0 Å². The molecule has 0 radical (unpaired) electrons. The average Bonchev–Trinajstić information content (AvgIpc) is 3.01. The minimum atomic E-state index is 0. The van der Waals surface area contributed by atoms with Crippen molar-refractivity contribution in [1.82, 2.24) is 9.80 Å². The highest BCUT2D eigenvalue weighted by Gasteiger charge is 2.20. The second-order valence-corrected chi connectivity index (χ2v) is 10.1. The Kier molecular flexibility index (Phi) is 11.9. The summed E-state index contributed by atoms with van der Waals surface area (Å²) in [5, 5.41) is 1.08. The van der Waals surface area contributed by atoms with Crippen LogP contribution >= 0.6 is 0 Å². The number of halogens is 1. The molecule has 0 saturated carbocycles. The van der Waals surface area contributed by atoms with Crippen molar-refractivity contribution in [1.29, 1.82) is 0 Å². The minimum Gasteiger partial charge on any atom is -1.00 e. The third-order valence-electron chi connectivity index (χ3n) is 7.98.